The van der Waals surface area contributed by atoms with Gasteiger partial charge >= 0.3 is 5.76 Å². The lowest BCUT2D eigenvalue weighted by Crippen LogP contribution is -2.20. The van der Waals surface area contributed by atoms with Crippen molar-refractivity contribution in [3.63, 3.8) is 0 Å². The molecule has 1 aromatic carbocycles. The first-order chi connectivity index (χ1) is 12.5. The Labute approximate surface area is 157 Å². The summed E-state index contributed by atoms with van der Waals surface area (Å²) in [6, 6.07) is 6.72. The molecule has 4 aromatic rings. The van der Waals surface area contributed by atoms with E-state index >= 15 is 0 Å². The Kier molecular flexibility index (Phi) is 4.05. The van der Waals surface area contributed by atoms with Crippen molar-refractivity contribution < 1.29 is 9.21 Å². The number of oxazole rings is 1. The van der Waals surface area contributed by atoms with Crippen LogP contribution in [0.25, 0.3) is 16.2 Å². The lowest BCUT2D eigenvalue weighted by Gasteiger charge is -2.06. The summed E-state index contributed by atoms with van der Waals surface area (Å²) in [6.45, 7) is 3.69. The Morgan fingerprint density at radius 1 is 1.31 bits per heavy atom. The molecular weight excluding hydrogens is 374 g/mol. The van der Waals surface area contributed by atoms with E-state index in [2.05, 4.69) is 4.98 Å². The van der Waals surface area contributed by atoms with E-state index in [1.54, 1.807) is 24.4 Å². The number of fused-ring (bicyclic) bond motifs is 1. The van der Waals surface area contributed by atoms with Gasteiger partial charge in [-0.2, -0.15) is 0 Å². The van der Waals surface area contributed by atoms with Crippen LogP contribution in [-0.2, 0) is 6.54 Å². The standard InChI is InChI=1S/C18H14ClN3O3S/c1-10-7-13(11(2)22(10)17-20-5-6-26-17)15(23)9-21-14-4-3-12(19)8-16(14)25-18(21)24/h3-8H,9H2,1-2H3. The molecule has 0 bridgehead atoms. The van der Waals surface area contributed by atoms with Gasteiger partial charge in [-0.3, -0.25) is 13.9 Å². The number of carbonyl (C=O) groups excluding carboxylic acids is 1. The summed E-state index contributed by atoms with van der Waals surface area (Å²) in [7, 11) is 0. The van der Waals surface area contributed by atoms with Crippen molar-refractivity contribution >= 4 is 39.8 Å². The van der Waals surface area contributed by atoms with Gasteiger partial charge in [-0.15, -0.1) is 11.3 Å². The van der Waals surface area contributed by atoms with Crippen LogP contribution in [0.2, 0.25) is 5.02 Å². The van der Waals surface area contributed by atoms with Crippen LogP contribution in [-0.4, -0.2) is 19.9 Å². The molecule has 0 aliphatic carbocycles. The molecule has 6 nitrogen and oxygen atoms in total. The zero-order chi connectivity index (χ0) is 18.4. The third-order valence-electron chi connectivity index (χ3n) is 4.27. The van der Waals surface area contributed by atoms with Crippen LogP contribution in [0.3, 0.4) is 0 Å². The number of carbonyl (C=O) groups is 1. The first-order valence-electron chi connectivity index (χ1n) is 7.86. The summed E-state index contributed by atoms with van der Waals surface area (Å²) in [6.07, 6.45) is 1.72. The van der Waals surface area contributed by atoms with Crippen molar-refractivity contribution in [1.29, 1.82) is 0 Å². The maximum absolute atomic E-state index is 12.9. The summed E-state index contributed by atoms with van der Waals surface area (Å²) in [5.74, 6) is -0.745. The van der Waals surface area contributed by atoms with Crippen LogP contribution >= 0.6 is 22.9 Å². The minimum absolute atomic E-state index is 0.102. The van der Waals surface area contributed by atoms with E-state index < -0.39 is 5.76 Å². The van der Waals surface area contributed by atoms with E-state index in [-0.39, 0.29) is 12.3 Å². The highest BCUT2D eigenvalue weighted by Gasteiger charge is 2.20. The Hall–Kier alpha value is -2.64. The fourth-order valence-electron chi connectivity index (χ4n) is 3.08. The van der Waals surface area contributed by atoms with Gasteiger partial charge in [0.05, 0.1) is 12.1 Å². The SMILES string of the molecule is Cc1cc(C(=O)Cn2c(=O)oc3cc(Cl)ccc32)c(C)n1-c1nccs1. The lowest BCUT2D eigenvalue weighted by molar-refractivity contribution is 0.0970. The number of nitrogens with zero attached hydrogens (tertiary/aromatic N) is 3. The van der Waals surface area contributed by atoms with Gasteiger partial charge in [0.15, 0.2) is 16.5 Å². The van der Waals surface area contributed by atoms with E-state index in [1.807, 2.05) is 29.9 Å². The summed E-state index contributed by atoms with van der Waals surface area (Å²) in [5, 5.41) is 3.16. The Balaban J connectivity index is 1.73. The number of hydrogen-bond acceptors (Lipinski definition) is 5. The van der Waals surface area contributed by atoms with E-state index in [9.17, 15) is 9.59 Å². The largest absolute Gasteiger partial charge is 0.420 e. The number of hydrogen-bond donors (Lipinski definition) is 0. The molecule has 0 atom stereocenters. The molecule has 8 heteroatoms. The first kappa shape index (κ1) is 16.8. The molecule has 0 spiro atoms. The number of benzene rings is 1. The highest BCUT2D eigenvalue weighted by atomic mass is 35.5. The number of Topliss-reactive ketones (excluding diaryl/α,β-unsaturated/α-hetero) is 1. The average molecular weight is 388 g/mol. The van der Waals surface area contributed by atoms with Gasteiger partial charge in [-0.25, -0.2) is 9.78 Å². The van der Waals surface area contributed by atoms with Gasteiger partial charge < -0.3 is 4.42 Å². The number of thiazole rings is 1. The highest BCUT2D eigenvalue weighted by molar-refractivity contribution is 7.12. The maximum atomic E-state index is 12.9. The molecule has 0 fully saturated rings. The van der Waals surface area contributed by atoms with Crippen LogP contribution < -0.4 is 5.76 Å². The quantitative estimate of drug-likeness (QED) is 0.496. The highest BCUT2D eigenvalue weighted by Crippen LogP contribution is 2.24. The third kappa shape index (κ3) is 2.69. The predicted molar refractivity (Wildman–Crippen MR) is 101 cm³/mol. The Bertz CT molecular complexity index is 1180. The van der Waals surface area contributed by atoms with E-state index in [0.29, 0.717) is 21.7 Å². The van der Waals surface area contributed by atoms with Gasteiger partial charge in [0.25, 0.3) is 0 Å². The summed E-state index contributed by atoms with van der Waals surface area (Å²) in [5.41, 5.74) is 3.18. The summed E-state index contributed by atoms with van der Waals surface area (Å²) >= 11 is 7.42. The molecule has 0 saturated carbocycles. The van der Waals surface area contributed by atoms with Gasteiger partial charge in [0.2, 0.25) is 0 Å². The normalized spacial score (nSPS) is 11.3. The zero-order valence-electron chi connectivity index (χ0n) is 14.0. The molecule has 3 heterocycles. The molecule has 3 aromatic heterocycles. The van der Waals surface area contributed by atoms with Crippen molar-refractivity contribution in [2.24, 2.45) is 0 Å². The molecule has 0 aliphatic heterocycles. The number of halogens is 1. The number of ketones is 1. The number of aromatic nitrogens is 3. The lowest BCUT2D eigenvalue weighted by atomic mass is 10.1. The Morgan fingerprint density at radius 2 is 2.12 bits per heavy atom. The van der Waals surface area contributed by atoms with Crippen LogP contribution in [0.1, 0.15) is 21.7 Å². The number of aryl methyl sites for hydroxylation is 1. The first-order valence-corrected chi connectivity index (χ1v) is 9.12. The molecule has 0 saturated heterocycles. The van der Waals surface area contributed by atoms with Crippen LogP contribution in [0.5, 0.6) is 0 Å². The molecule has 0 amide bonds. The molecule has 26 heavy (non-hydrogen) atoms. The van der Waals surface area contributed by atoms with Crippen LogP contribution in [0.15, 0.2) is 45.1 Å². The molecule has 4 rings (SSSR count). The summed E-state index contributed by atoms with van der Waals surface area (Å²) in [4.78, 5) is 29.3. The van der Waals surface area contributed by atoms with E-state index in [1.165, 1.54) is 15.9 Å². The van der Waals surface area contributed by atoms with Crippen LogP contribution in [0, 0.1) is 13.8 Å². The van der Waals surface area contributed by atoms with Crippen molar-refractivity contribution in [2.75, 3.05) is 0 Å². The van der Waals surface area contributed by atoms with Crippen molar-refractivity contribution in [2.45, 2.75) is 20.4 Å². The van der Waals surface area contributed by atoms with Gasteiger partial charge in [-0.1, -0.05) is 11.6 Å². The second-order valence-corrected chi connectivity index (χ2v) is 7.23. The smallest absolute Gasteiger partial charge is 0.408 e. The minimum atomic E-state index is -0.579. The zero-order valence-corrected chi connectivity index (χ0v) is 15.6. The molecule has 132 valence electrons. The van der Waals surface area contributed by atoms with Crippen molar-refractivity contribution in [3.8, 4) is 5.13 Å². The second kappa shape index (κ2) is 6.26. The van der Waals surface area contributed by atoms with Crippen molar-refractivity contribution in [1.82, 2.24) is 14.1 Å². The third-order valence-corrected chi connectivity index (χ3v) is 5.27. The predicted octanol–water partition coefficient (Wildman–Crippen LogP) is 3.99. The monoisotopic (exact) mass is 387 g/mol. The molecule has 0 N–H and O–H groups in total. The number of rotatable bonds is 4. The van der Waals surface area contributed by atoms with Crippen molar-refractivity contribution in [3.05, 3.63) is 68.4 Å². The second-order valence-electron chi connectivity index (χ2n) is 5.92. The maximum Gasteiger partial charge on any atom is 0.420 e. The van der Waals surface area contributed by atoms with Crippen LogP contribution in [0.4, 0.5) is 0 Å². The summed E-state index contributed by atoms with van der Waals surface area (Å²) < 4.78 is 8.45. The van der Waals surface area contributed by atoms with Gasteiger partial charge in [0.1, 0.15) is 0 Å². The fraction of sp³-hybridized carbons (Fsp3) is 0.167. The van der Waals surface area contributed by atoms with Gasteiger partial charge in [-0.05, 0) is 32.0 Å². The fourth-order valence-corrected chi connectivity index (χ4v) is 4.00. The minimum Gasteiger partial charge on any atom is -0.408 e. The Morgan fingerprint density at radius 3 is 2.85 bits per heavy atom. The van der Waals surface area contributed by atoms with E-state index in [0.717, 1.165) is 16.5 Å². The molecule has 0 aliphatic rings. The van der Waals surface area contributed by atoms with Gasteiger partial charge in [0, 0.05) is 39.6 Å². The molecular formula is C18H14ClN3O3S. The topological polar surface area (TPSA) is 70.0 Å². The van der Waals surface area contributed by atoms with E-state index in [4.69, 9.17) is 16.0 Å². The molecule has 0 radical (unpaired) electrons. The average Bonchev–Trinajstić information content (AvgIpc) is 3.27. The molecule has 0 unspecified atom stereocenters.